The van der Waals surface area contributed by atoms with E-state index in [0.29, 0.717) is 6.54 Å². The molecule has 1 aliphatic carbocycles. The van der Waals surface area contributed by atoms with Crippen molar-refractivity contribution in [3.63, 3.8) is 0 Å². The van der Waals surface area contributed by atoms with Gasteiger partial charge in [-0.15, -0.1) is 0 Å². The molecule has 0 radical (unpaired) electrons. The molecule has 1 amide bonds. The van der Waals surface area contributed by atoms with E-state index in [9.17, 15) is 4.79 Å². The summed E-state index contributed by atoms with van der Waals surface area (Å²) in [6.45, 7) is 0.322. The quantitative estimate of drug-likeness (QED) is 0.704. The highest BCUT2D eigenvalue weighted by molar-refractivity contribution is 5.89. The molecule has 1 aliphatic rings. The van der Waals surface area contributed by atoms with Gasteiger partial charge in [0, 0.05) is 17.8 Å². The molecule has 1 N–H and O–H groups in total. The van der Waals surface area contributed by atoms with E-state index in [1.807, 2.05) is 29.1 Å². The van der Waals surface area contributed by atoms with E-state index in [-0.39, 0.29) is 5.91 Å². The summed E-state index contributed by atoms with van der Waals surface area (Å²) < 4.78 is 1.91. The predicted molar refractivity (Wildman–Crippen MR) is 103 cm³/mol. The highest BCUT2D eigenvalue weighted by atomic mass is 16.1. The van der Waals surface area contributed by atoms with E-state index in [1.165, 1.54) is 28.7 Å². The smallest absolute Gasteiger partial charge is 0.290 e. The van der Waals surface area contributed by atoms with Gasteiger partial charge in [0.15, 0.2) is 12.4 Å². The molecular weight excluding hydrogens is 320 g/mol. The second-order valence-electron chi connectivity index (χ2n) is 6.93. The fourth-order valence-electron chi connectivity index (χ4n) is 3.56. The average Bonchev–Trinajstić information content (AvgIpc) is 3.12. The number of hydrogen-bond donors (Lipinski definition) is 1. The zero-order valence-corrected chi connectivity index (χ0v) is 14.8. The Kier molecular flexibility index (Phi) is 4.78. The fraction of sp³-hybridized carbons (Fsp3) is 0.217. The maximum absolute atomic E-state index is 12.3. The van der Waals surface area contributed by atoms with Crippen LogP contribution in [0.3, 0.4) is 0 Å². The average molecular weight is 343 g/mol. The number of carbonyl (C=O) groups is 1. The maximum atomic E-state index is 12.3. The Morgan fingerprint density at radius 1 is 0.885 bits per heavy atom. The van der Waals surface area contributed by atoms with Gasteiger partial charge >= 0.3 is 0 Å². The molecule has 0 saturated carbocycles. The van der Waals surface area contributed by atoms with Crippen LogP contribution < -0.4 is 9.88 Å². The zero-order chi connectivity index (χ0) is 17.8. The number of fused-ring (bicyclic) bond motifs is 1. The first-order chi connectivity index (χ1) is 12.8. The lowest BCUT2D eigenvalue weighted by molar-refractivity contribution is -0.684. The standard InChI is InChI=1S/C23H22N2O/c26-23(24-22-10-9-20-7-4-8-21(20)16-22)17-25-13-11-19(12-14-25)15-18-5-2-1-3-6-18/h1-3,5-6,9-14,16H,4,7-8,15,17H2/p+1. The van der Waals surface area contributed by atoms with Gasteiger partial charge in [-0.1, -0.05) is 36.4 Å². The minimum atomic E-state index is 0.00348. The molecule has 0 atom stereocenters. The molecule has 3 nitrogen and oxygen atoms in total. The molecule has 4 rings (SSSR count). The summed E-state index contributed by atoms with van der Waals surface area (Å²) in [7, 11) is 0. The van der Waals surface area contributed by atoms with Crippen LogP contribution in [0.15, 0.2) is 73.1 Å². The summed E-state index contributed by atoms with van der Waals surface area (Å²) in [6, 6.07) is 20.8. The molecule has 0 bridgehead atoms. The first-order valence-corrected chi connectivity index (χ1v) is 9.20. The molecule has 0 saturated heterocycles. The number of anilines is 1. The minimum absolute atomic E-state index is 0.00348. The van der Waals surface area contributed by atoms with Crippen LogP contribution in [-0.2, 0) is 30.6 Å². The van der Waals surface area contributed by atoms with Gasteiger partial charge in [0.05, 0.1) is 0 Å². The van der Waals surface area contributed by atoms with E-state index in [4.69, 9.17) is 0 Å². The molecular formula is C23H23N2O+. The summed E-state index contributed by atoms with van der Waals surface area (Å²) in [5, 5.41) is 3.01. The molecule has 3 heteroatoms. The lowest BCUT2D eigenvalue weighted by atomic mass is 10.1. The second kappa shape index (κ2) is 7.52. The molecule has 26 heavy (non-hydrogen) atoms. The van der Waals surface area contributed by atoms with Crippen molar-refractivity contribution in [3.05, 3.63) is 95.3 Å². The second-order valence-corrected chi connectivity index (χ2v) is 6.93. The Morgan fingerprint density at radius 2 is 1.62 bits per heavy atom. The third-order valence-corrected chi connectivity index (χ3v) is 4.92. The summed E-state index contributed by atoms with van der Waals surface area (Å²) in [4.78, 5) is 12.3. The molecule has 0 unspecified atom stereocenters. The van der Waals surface area contributed by atoms with Crippen molar-refractivity contribution in [2.45, 2.75) is 32.2 Å². The lowest BCUT2D eigenvalue weighted by Crippen LogP contribution is -2.39. The van der Waals surface area contributed by atoms with Gasteiger partial charge in [-0.2, -0.15) is 4.57 Å². The molecule has 1 heterocycles. The number of hydrogen-bond acceptors (Lipinski definition) is 1. The van der Waals surface area contributed by atoms with Crippen LogP contribution in [-0.4, -0.2) is 5.91 Å². The number of carbonyl (C=O) groups excluding carboxylic acids is 1. The first-order valence-electron chi connectivity index (χ1n) is 9.20. The lowest BCUT2D eigenvalue weighted by Gasteiger charge is -2.06. The number of pyridine rings is 1. The van der Waals surface area contributed by atoms with Crippen LogP contribution >= 0.6 is 0 Å². The van der Waals surface area contributed by atoms with Crippen molar-refractivity contribution in [3.8, 4) is 0 Å². The van der Waals surface area contributed by atoms with E-state index in [0.717, 1.165) is 24.9 Å². The third-order valence-electron chi connectivity index (χ3n) is 4.92. The highest BCUT2D eigenvalue weighted by Gasteiger charge is 2.13. The molecule has 1 aromatic heterocycles. The van der Waals surface area contributed by atoms with Crippen molar-refractivity contribution >= 4 is 11.6 Å². The van der Waals surface area contributed by atoms with E-state index in [1.54, 1.807) is 0 Å². The Bertz CT molecular complexity index is 901. The van der Waals surface area contributed by atoms with E-state index in [2.05, 4.69) is 53.8 Å². The minimum Gasteiger partial charge on any atom is -0.321 e. The Hall–Kier alpha value is -2.94. The number of benzene rings is 2. The zero-order valence-electron chi connectivity index (χ0n) is 14.8. The molecule has 0 fully saturated rings. The number of rotatable bonds is 5. The van der Waals surface area contributed by atoms with Gasteiger partial charge in [-0.3, -0.25) is 4.79 Å². The van der Waals surface area contributed by atoms with Gasteiger partial charge in [-0.05, 0) is 60.1 Å². The van der Waals surface area contributed by atoms with Gasteiger partial charge in [0.2, 0.25) is 6.54 Å². The Balaban J connectivity index is 1.35. The Labute approximate surface area is 154 Å². The predicted octanol–water partition coefficient (Wildman–Crippen LogP) is 3.69. The summed E-state index contributed by atoms with van der Waals surface area (Å²) in [6.07, 6.45) is 8.35. The van der Waals surface area contributed by atoms with E-state index >= 15 is 0 Å². The normalized spacial score (nSPS) is 12.6. The Morgan fingerprint density at radius 3 is 2.42 bits per heavy atom. The number of nitrogens with one attached hydrogen (secondary N) is 1. The summed E-state index contributed by atoms with van der Waals surface area (Å²) >= 11 is 0. The van der Waals surface area contributed by atoms with Gasteiger partial charge in [0.1, 0.15) is 0 Å². The van der Waals surface area contributed by atoms with Crippen LogP contribution in [0.1, 0.15) is 28.7 Å². The largest absolute Gasteiger partial charge is 0.321 e. The molecule has 2 aromatic carbocycles. The topological polar surface area (TPSA) is 33.0 Å². The van der Waals surface area contributed by atoms with Crippen molar-refractivity contribution in [1.29, 1.82) is 0 Å². The summed E-state index contributed by atoms with van der Waals surface area (Å²) in [5.74, 6) is 0.00348. The number of amides is 1. The monoisotopic (exact) mass is 343 g/mol. The SMILES string of the molecule is O=C(C[n+]1ccc(Cc2ccccc2)cc1)Nc1ccc2c(c1)CCC2. The van der Waals surface area contributed by atoms with Crippen molar-refractivity contribution in [2.24, 2.45) is 0 Å². The van der Waals surface area contributed by atoms with E-state index < -0.39 is 0 Å². The van der Waals surface area contributed by atoms with Crippen molar-refractivity contribution < 1.29 is 9.36 Å². The van der Waals surface area contributed by atoms with Gasteiger partial charge in [-0.25, -0.2) is 0 Å². The van der Waals surface area contributed by atoms with Crippen LogP contribution in [0, 0.1) is 0 Å². The molecule has 0 spiro atoms. The first kappa shape index (κ1) is 16.5. The van der Waals surface area contributed by atoms with Gasteiger partial charge in [0.25, 0.3) is 5.91 Å². The molecule has 0 aliphatic heterocycles. The van der Waals surface area contributed by atoms with Gasteiger partial charge < -0.3 is 5.32 Å². The number of aromatic nitrogens is 1. The molecule has 130 valence electrons. The maximum Gasteiger partial charge on any atom is 0.290 e. The van der Waals surface area contributed by atoms with Crippen LogP contribution in [0.25, 0.3) is 0 Å². The summed E-state index contributed by atoms with van der Waals surface area (Å²) in [5.41, 5.74) is 6.23. The van der Waals surface area contributed by atoms with Crippen molar-refractivity contribution in [2.75, 3.05) is 5.32 Å². The highest BCUT2D eigenvalue weighted by Crippen LogP contribution is 2.24. The number of nitrogens with zero attached hydrogens (tertiary/aromatic N) is 1. The van der Waals surface area contributed by atoms with Crippen LogP contribution in [0.5, 0.6) is 0 Å². The van der Waals surface area contributed by atoms with Crippen LogP contribution in [0.4, 0.5) is 5.69 Å². The fourth-order valence-corrected chi connectivity index (χ4v) is 3.56. The third kappa shape index (κ3) is 3.99. The van der Waals surface area contributed by atoms with Crippen molar-refractivity contribution in [1.82, 2.24) is 0 Å². The van der Waals surface area contributed by atoms with Crippen LogP contribution in [0.2, 0.25) is 0 Å². The molecule has 3 aromatic rings. The number of aryl methyl sites for hydroxylation is 2.